The van der Waals surface area contributed by atoms with Crippen LogP contribution >= 0.6 is 11.8 Å². The molecule has 0 atom stereocenters. The molecule has 0 aliphatic heterocycles. The summed E-state index contributed by atoms with van der Waals surface area (Å²) in [6.45, 7) is 0.592. The summed E-state index contributed by atoms with van der Waals surface area (Å²) in [5, 5.41) is 2.58. The van der Waals surface area contributed by atoms with Crippen molar-refractivity contribution in [3.05, 3.63) is 24.3 Å². The van der Waals surface area contributed by atoms with Crippen LogP contribution in [-0.2, 0) is 9.53 Å². The Morgan fingerprint density at radius 2 is 2.06 bits per heavy atom. The maximum atomic E-state index is 12.1. The van der Waals surface area contributed by atoms with Crippen molar-refractivity contribution >= 4 is 23.4 Å². The van der Waals surface area contributed by atoms with E-state index in [4.69, 9.17) is 10.5 Å². The van der Waals surface area contributed by atoms with Crippen molar-refractivity contribution in [3.8, 4) is 0 Å². The first kappa shape index (κ1) is 14.9. The maximum Gasteiger partial charge on any atom is 0.288 e. The Morgan fingerprint density at radius 3 is 2.61 bits per heavy atom. The molecule has 0 saturated carbocycles. The maximum absolute atomic E-state index is 12.1. The van der Waals surface area contributed by atoms with Crippen LogP contribution in [0.25, 0.3) is 0 Å². The molecule has 0 aliphatic rings. The Labute approximate surface area is 108 Å². The van der Waals surface area contributed by atoms with E-state index < -0.39 is 5.76 Å². The largest absolute Gasteiger partial charge is 0.370 e. The number of ether oxygens (including phenoxy) is 1. The minimum atomic E-state index is -2.45. The van der Waals surface area contributed by atoms with Gasteiger partial charge in [0.2, 0.25) is 5.91 Å². The van der Waals surface area contributed by atoms with Crippen LogP contribution < -0.4 is 11.1 Å². The number of alkyl halides is 2. The molecule has 0 heterocycles. The molecule has 4 nitrogen and oxygen atoms in total. The molecule has 1 aromatic rings. The summed E-state index contributed by atoms with van der Waals surface area (Å²) in [5.41, 5.74) is 5.74. The van der Waals surface area contributed by atoms with Gasteiger partial charge in [0.25, 0.3) is 5.76 Å². The van der Waals surface area contributed by atoms with Gasteiger partial charge in [0.1, 0.15) is 6.61 Å². The van der Waals surface area contributed by atoms with E-state index in [0.29, 0.717) is 35.5 Å². The monoisotopic (exact) mass is 276 g/mol. The number of rotatable bonds is 7. The van der Waals surface area contributed by atoms with E-state index in [9.17, 15) is 13.6 Å². The molecular weight excluding hydrogens is 262 g/mol. The molecule has 0 aromatic heterocycles. The lowest BCUT2D eigenvalue weighted by atomic mass is 10.3. The third kappa shape index (κ3) is 5.95. The van der Waals surface area contributed by atoms with Crippen LogP contribution in [0.15, 0.2) is 29.2 Å². The number of carbonyl (C=O) groups is 1. The van der Waals surface area contributed by atoms with E-state index in [1.54, 1.807) is 12.1 Å². The Kier molecular flexibility index (Phi) is 6.63. The van der Waals surface area contributed by atoms with Gasteiger partial charge in [-0.3, -0.25) is 4.79 Å². The highest BCUT2D eigenvalue weighted by atomic mass is 32.2. The molecule has 0 fully saturated rings. The number of halogens is 2. The van der Waals surface area contributed by atoms with Gasteiger partial charge in [-0.25, -0.2) is 0 Å². The first-order valence-electron chi connectivity index (χ1n) is 5.24. The van der Waals surface area contributed by atoms with Crippen LogP contribution in [0.2, 0.25) is 0 Å². The second kappa shape index (κ2) is 8.02. The van der Waals surface area contributed by atoms with Gasteiger partial charge in [-0.2, -0.15) is 8.78 Å². The predicted octanol–water partition coefficient (Wildman–Crippen LogP) is 1.92. The predicted molar refractivity (Wildman–Crippen MR) is 66.8 cm³/mol. The van der Waals surface area contributed by atoms with E-state index in [1.165, 1.54) is 12.1 Å². The lowest BCUT2D eigenvalue weighted by Gasteiger charge is -2.06. The minimum absolute atomic E-state index is 0.0786. The number of benzene rings is 1. The Morgan fingerprint density at radius 1 is 1.39 bits per heavy atom. The van der Waals surface area contributed by atoms with Crippen LogP contribution in [0.4, 0.5) is 14.5 Å². The van der Waals surface area contributed by atoms with E-state index in [-0.39, 0.29) is 12.5 Å². The molecule has 3 N–H and O–H groups in total. The fourth-order valence-corrected chi connectivity index (χ4v) is 1.66. The standard InChI is InChI=1S/C11H14F2N2O2S/c12-11(13)18-9-3-1-8(2-4-9)15-10(16)7-17-6-5-14/h1-4,11H,5-7,14H2,(H,15,16). The van der Waals surface area contributed by atoms with Crippen LogP contribution in [0, 0.1) is 0 Å². The highest BCUT2D eigenvalue weighted by molar-refractivity contribution is 7.99. The average Bonchev–Trinajstić information content (AvgIpc) is 2.31. The quantitative estimate of drug-likeness (QED) is 0.590. The number of thioether (sulfide) groups is 1. The van der Waals surface area contributed by atoms with Crippen molar-refractivity contribution in [1.82, 2.24) is 0 Å². The molecule has 0 bridgehead atoms. The van der Waals surface area contributed by atoms with E-state index in [1.807, 2.05) is 0 Å². The van der Waals surface area contributed by atoms with Crippen molar-refractivity contribution in [2.24, 2.45) is 5.73 Å². The Bertz CT molecular complexity index is 374. The number of anilines is 1. The number of nitrogens with one attached hydrogen (secondary N) is 1. The molecule has 100 valence electrons. The molecule has 0 unspecified atom stereocenters. The van der Waals surface area contributed by atoms with Gasteiger partial charge in [0.05, 0.1) is 6.61 Å². The Hall–Kier alpha value is -1.18. The lowest BCUT2D eigenvalue weighted by Crippen LogP contribution is -2.20. The molecule has 0 radical (unpaired) electrons. The van der Waals surface area contributed by atoms with Gasteiger partial charge in [0, 0.05) is 17.1 Å². The summed E-state index contributed by atoms with van der Waals surface area (Å²) in [5.74, 6) is -2.76. The van der Waals surface area contributed by atoms with Gasteiger partial charge >= 0.3 is 0 Å². The fraction of sp³-hybridized carbons (Fsp3) is 0.364. The Balaban J connectivity index is 2.40. The third-order valence-electron chi connectivity index (χ3n) is 1.86. The SMILES string of the molecule is NCCOCC(=O)Nc1ccc(SC(F)F)cc1. The van der Waals surface area contributed by atoms with E-state index in [0.717, 1.165) is 0 Å². The van der Waals surface area contributed by atoms with Crippen LogP contribution in [0.5, 0.6) is 0 Å². The summed E-state index contributed by atoms with van der Waals surface area (Å²) in [7, 11) is 0. The minimum Gasteiger partial charge on any atom is -0.370 e. The summed E-state index contributed by atoms with van der Waals surface area (Å²) in [4.78, 5) is 11.8. The summed E-state index contributed by atoms with van der Waals surface area (Å²) < 4.78 is 29.1. The van der Waals surface area contributed by atoms with Gasteiger partial charge in [-0.15, -0.1) is 0 Å². The molecule has 1 aromatic carbocycles. The summed E-state index contributed by atoms with van der Waals surface area (Å²) in [6.07, 6.45) is 0. The highest BCUT2D eigenvalue weighted by Crippen LogP contribution is 2.26. The topological polar surface area (TPSA) is 64.3 Å². The third-order valence-corrected chi connectivity index (χ3v) is 2.58. The van der Waals surface area contributed by atoms with Crippen LogP contribution in [0.1, 0.15) is 0 Å². The second-order valence-corrected chi connectivity index (χ2v) is 4.36. The van der Waals surface area contributed by atoms with E-state index >= 15 is 0 Å². The first-order valence-corrected chi connectivity index (χ1v) is 6.12. The van der Waals surface area contributed by atoms with Crippen LogP contribution in [-0.4, -0.2) is 31.4 Å². The summed E-state index contributed by atoms with van der Waals surface area (Å²) >= 11 is 0.458. The molecule has 0 aliphatic carbocycles. The van der Waals surface area contributed by atoms with Crippen molar-refractivity contribution in [2.75, 3.05) is 25.1 Å². The lowest BCUT2D eigenvalue weighted by molar-refractivity contribution is -0.120. The second-order valence-electron chi connectivity index (χ2n) is 3.29. The highest BCUT2D eigenvalue weighted by Gasteiger charge is 2.06. The molecular formula is C11H14F2N2O2S. The average molecular weight is 276 g/mol. The molecule has 1 rings (SSSR count). The zero-order valence-electron chi connectivity index (χ0n) is 9.57. The van der Waals surface area contributed by atoms with Crippen molar-refractivity contribution < 1.29 is 18.3 Å². The van der Waals surface area contributed by atoms with Crippen molar-refractivity contribution in [2.45, 2.75) is 10.7 Å². The number of carbonyl (C=O) groups excluding carboxylic acids is 1. The first-order chi connectivity index (χ1) is 8.61. The smallest absolute Gasteiger partial charge is 0.288 e. The normalized spacial score (nSPS) is 10.7. The molecule has 1 amide bonds. The van der Waals surface area contributed by atoms with Crippen molar-refractivity contribution in [3.63, 3.8) is 0 Å². The van der Waals surface area contributed by atoms with Crippen molar-refractivity contribution in [1.29, 1.82) is 0 Å². The summed E-state index contributed by atoms with van der Waals surface area (Å²) in [6, 6.07) is 6.16. The molecule has 0 saturated heterocycles. The number of hydrogen-bond acceptors (Lipinski definition) is 4. The number of hydrogen-bond donors (Lipinski definition) is 2. The zero-order chi connectivity index (χ0) is 13.4. The number of amides is 1. The van der Waals surface area contributed by atoms with Gasteiger partial charge in [-0.05, 0) is 24.3 Å². The number of nitrogens with two attached hydrogens (primary N) is 1. The zero-order valence-corrected chi connectivity index (χ0v) is 10.4. The molecule has 7 heteroatoms. The van der Waals surface area contributed by atoms with Gasteiger partial charge < -0.3 is 15.8 Å². The molecule has 0 spiro atoms. The fourth-order valence-electron chi connectivity index (χ4n) is 1.16. The van der Waals surface area contributed by atoms with E-state index in [2.05, 4.69) is 5.32 Å². The van der Waals surface area contributed by atoms with Gasteiger partial charge in [0.15, 0.2) is 0 Å². The van der Waals surface area contributed by atoms with Crippen LogP contribution in [0.3, 0.4) is 0 Å². The molecule has 18 heavy (non-hydrogen) atoms. The van der Waals surface area contributed by atoms with Gasteiger partial charge in [-0.1, -0.05) is 11.8 Å².